The summed E-state index contributed by atoms with van der Waals surface area (Å²) in [6, 6.07) is 0.479. The average molecular weight is 270 g/mol. The lowest BCUT2D eigenvalue weighted by Gasteiger charge is -2.32. The van der Waals surface area contributed by atoms with Gasteiger partial charge in [0.25, 0.3) is 0 Å². The van der Waals surface area contributed by atoms with Crippen molar-refractivity contribution in [1.29, 1.82) is 0 Å². The fraction of sp³-hybridized carbons (Fsp3) is 0.692. The molecule has 18 heavy (non-hydrogen) atoms. The molecule has 2 heterocycles. The van der Waals surface area contributed by atoms with Crippen LogP contribution in [0.1, 0.15) is 30.7 Å². The first-order chi connectivity index (χ1) is 8.58. The molecule has 0 saturated carbocycles. The lowest BCUT2D eigenvalue weighted by Crippen LogP contribution is -2.40. The number of hydrogen-bond acceptors (Lipinski definition) is 4. The second-order valence-electron chi connectivity index (χ2n) is 4.93. The zero-order chi connectivity index (χ0) is 13.1. The van der Waals surface area contributed by atoms with Crippen LogP contribution in [0.2, 0.25) is 5.15 Å². The number of nitrogens with zero attached hydrogens (tertiary/aromatic N) is 3. The topological polar surface area (TPSA) is 38.2 Å². The molecule has 100 valence electrons. The molecular weight excluding hydrogens is 250 g/mol. The van der Waals surface area contributed by atoms with Crippen LogP contribution in [0, 0.1) is 13.8 Å². The van der Waals surface area contributed by atoms with Crippen molar-refractivity contribution in [2.75, 3.05) is 20.2 Å². The summed E-state index contributed by atoms with van der Waals surface area (Å²) in [4.78, 5) is 10.8. The van der Waals surface area contributed by atoms with Gasteiger partial charge >= 0.3 is 0 Å². The molecule has 0 N–H and O–H groups in total. The van der Waals surface area contributed by atoms with Crippen molar-refractivity contribution in [3.05, 3.63) is 16.5 Å². The lowest BCUT2D eigenvalue weighted by atomic mass is 10.0. The molecule has 1 fully saturated rings. The lowest BCUT2D eigenvalue weighted by molar-refractivity contribution is 0.122. The highest BCUT2D eigenvalue weighted by Gasteiger charge is 2.20. The number of likely N-dealkylation sites (tertiary alicyclic amines) is 1. The van der Waals surface area contributed by atoms with E-state index < -0.39 is 0 Å². The van der Waals surface area contributed by atoms with Gasteiger partial charge in [-0.3, -0.25) is 0 Å². The maximum absolute atomic E-state index is 6.03. The van der Waals surface area contributed by atoms with Crippen LogP contribution in [-0.4, -0.2) is 41.1 Å². The molecule has 1 saturated heterocycles. The third kappa shape index (κ3) is 3.12. The number of likely N-dealkylation sites (N-methyl/N-ethyl adjacent to an activating group) is 1. The molecule has 0 aliphatic carbocycles. The second kappa shape index (κ2) is 5.85. The Kier molecular flexibility index (Phi) is 4.40. The van der Waals surface area contributed by atoms with Crippen molar-refractivity contribution in [2.24, 2.45) is 0 Å². The molecule has 0 bridgehead atoms. The smallest absolute Gasteiger partial charge is 0.221 e. The third-order valence-electron chi connectivity index (χ3n) is 3.49. The molecule has 1 aromatic heterocycles. The Morgan fingerprint density at radius 1 is 1.33 bits per heavy atom. The van der Waals surface area contributed by atoms with Crippen molar-refractivity contribution >= 4 is 11.6 Å². The van der Waals surface area contributed by atoms with Crippen LogP contribution in [-0.2, 0) is 0 Å². The van der Waals surface area contributed by atoms with E-state index in [1.807, 2.05) is 13.8 Å². The standard InChI is InChI=1S/C13H20ClN3O/c1-9-12(14)15-10(2)16-13(9)18-8-11-6-4-5-7-17(11)3/h11H,4-8H2,1-3H3. The van der Waals surface area contributed by atoms with Crippen LogP contribution in [0.4, 0.5) is 0 Å². The van der Waals surface area contributed by atoms with E-state index in [-0.39, 0.29) is 0 Å². The van der Waals surface area contributed by atoms with E-state index in [0.717, 1.165) is 12.1 Å². The highest BCUT2D eigenvalue weighted by Crippen LogP contribution is 2.23. The Morgan fingerprint density at radius 3 is 2.83 bits per heavy atom. The molecule has 0 aromatic carbocycles. The van der Waals surface area contributed by atoms with Gasteiger partial charge in [-0.2, -0.15) is 4.98 Å². The molecule has 1 aliphatic heterocycles. The van der Waals surface area contributed by atoms with Gasteiger partial charge < -0.3 is 9.64 Å². The van der Waals surface area contributed by atoms with E-state index >= 15 is 0 Å². The van der Waals surface area contributed by atoms with Crippen molar-refractivity contribution in [3.63, 3.8) is 0 Å². The minimum absolute atomic E-state index is 0.479. The van der Waals surface area contributed by atoms with E-state index in [0.29, 0.717) is 29.5 Å². The largest absolute Gasteiger partial charge is 0.476 e. The Hall–Kier alpha value is -0.870. The van der Waals surface area contributed by atoms with Gasteiger partial charge in [-0.15, -0.1) is 0 Å². The predicted molar refractivity (Wildman–Crippen MR) is 72.3 cm³/mol. The van der Waals surface area contributed by atoms with Crippen LogP contribution in [0.5, 0.6) is 5.88 Å². The SMILES string of the molecule is Cc1nc(Cl)c(C)c(OCC2CCCCN2C)n1. The van der Waals surface area contributed by atoms with E-state index in [1.54, 1.807) is 0 Å². The van der Waals surface area contributed by atoms with Crippen LogP contribution < -0.4 is 4.74 Å². The van der Waals surface area contributed by atoms with E-state index in [2.05, 4.69) is 21.9 Å². The summed E-state index contributed by atoms with van der Waals surface area (Å²) in [5.74, 6) is 1.27. The number of halogens is 1. The molecule has 2 rings (SSSR count). The Balaban J connectivity index is 2.01. The normalized spacial score (nSPS) is 21.0. The van der Waals surface area contributed by atoms with Crippen molar-refractivity contribution in [1.82, 2.24) is 14.9 Å². The first kappa shape index (κ1) is 13.6. The van der Waals surface area contributed by atoms with Crippen molar-refractivity contribution in [3.8, 4) is 5.88 Å². The zero-order valence-electron chi connectivity index (χ0n) is 11.2. The molecule has 0 amide bonds. The van der Waals surface area contributed by atoms with E-state index in [4.69, 9.17) is 16.3 Å². The van der Waals surface area contributed by atoms with Crippen LogP contribution in [0.3, 0.4) is 0 Å². The number of aryl methyl sites for hydroxylation is 1. The van der Waals surface area contributed by atoms with E-state index in [9.17, 15) is 0 Å². The Bertz CT molecular complexity index is 425. The summed E-state index contributed by atoms with van der Waals surface area (Å²) in [5.41, 5.74) is 0.820. The van der Waals surface area contributed by atoms with Crippen molar-refractivity contribution < 1.29 is 4.74 Å². The summed E-state index contributed by atoms with van der Waals surface area (Å²) >= 11 is 6.03. The van der Waals surface area contributed by atoms with Gasteiger partial charge in [0, 0.05) is 11.6 Å². The second-order valence-corrected chi connectivity index (χ2v) is 5.29. The van der Waals surface area contributed by atoms with Crippen molar-refractivity contribution in [2.45, 2.75) is 39.2 Å². The highest BCUT2D eigenvalue weighted by atomic mass is 35.5. The summed E-state index contributed by atoms with van der Waals surface area (Å²) in [7, 11) is 2.15. The number of aromatic nitrogens is 2. The molecule has 1 aliphatic rings. The van der Waals surface area contributed by atoms with E-state index in [1.165, 1.54) is 19.3 Å². The summed E-state index contributed by atoms with van der Waals surface area (Å²) in [5, 5.41) is 0.481. The van der Waals surface area contributed by atoms with Gasteiger partial charge in [0.05, 0.1) is 0 Å². The number of hydrogen-bond donors (Lipinski definition) is 0. The van der Waals surface area contributed by atoms with Gasteiger partial charge in [0.15, 0.2) is 0 Å². The predicted octanol–water partition coefficient (Wildman–Crippen LogP) is 2.61. The third-order valence-corrected chi connectivity index (χ3v) is 3.86. The molecule has 0 radical (unpaired) electrons. The van der Waals surface area contributed by atoms with Gasteiger partial charge in [0.2, 0.25) is 5.88 Å². The number of ether oxygens (including phenoxy) is 1. The number of rotatable bonds is 3. The first-order valence-corrected chi connectivity index (χ1v) is 6.79. The van der Waals surface area contributed by atoms with Gasteiger partial charge in [0.1, 0.15) is 17.6 Å². The molecule has 4 nitrogen and oxygen atoms in total. The van der Waals surface area contributed by atoms with Gasteiger partial charge in [-0.05, 0) is 40.3 Å². The average Bonchev–Trinajstić information content (AvgIpc) is 2.33. The summed E-state index contributed by atoms with van der Waals surface area (Å²) in [6.07, 6.45) is 3.75. The Morgan fingerprint density at radius 2 is 2.11 bits per heavy atom. The fourth-order valence-electron chi connectivity index (χ4n) is 2.24. The Labute approximate surface area is 113 Å². The number of piperidine rings is 1. The summed E-state index contributed by atoms with van der Waals surface area (Å²) < 4.78 is 5.83. The van der Waals surface area contributed by atoms with Crippen LogP contribution in [0.25, 0.3) is 0 Å². The highest BCUT2D eigenvalue weighted by molar-refractivity contribution is 6.30. The quantitative estimate of drug-likeness (QED) is 0.791. The van der Waals surface area contributed by atoms with Gasteiger partial charge in [-0.1, -0.05) is 18.0 Å². The summed E-state index contributed by atoms with van der Waals surface area (Å²) in [6.45, 7) is 5.54. The molecule has 1 atom stereocenters. The maximum atomic E-state index is 6.03. The van der Waals surface area contributed by atoms with Crippen LogP contribution >= 0.6 is 11.6 Å². The van der Waals surface area contributed by atoms with Gasteiger partial charge in [-0.25, -0.2) is 4.98 Å². The fourth-order valence-corrected chi connectivity index (χ4v) is 2.44. The zero-order valence-corrected chi connectivity index (χ0v) is 12.0. The molecular formula is C13H20ClN3O. The molecule has 5 heteroatoms. The minimum Gasteiger partial charge on any atom is -0.476 e. The first-order valence-electron chi connectivity index (χ1n) is 6.41. The van der Waals surface area contributed by atoms with Crippen LogP contribution in [0.15, 0.2) is 0 Å². The molecule has 1 unspecified atom stereocenters. The molecule has 1 aromatic rings. The minimum atomic E-state index is 0.479. The molecule has 0 spiro atoms. The monoisotopic (exact) mass is 269 g/mol. The maximum Gasteiger partial charge on any atom is 0.221 e.